The van der Waals surface area contributed by atoms with E-state index in [1.807, 2.05) is 19.1 Å². The molecule has 0 aliphatic carbocycles. The van der Waals surface area contributed by atoms with Crippen molar-refractivity contribution in [3.05, 3.63) is 29.8 Å². The van der Waals surface area contributed by atoms with E-state index in [1.54, 1.807) is 16.4 Å². The Labute approximate surface area is 116 Å². The van der Waals surface area contributed by atoms with Crippen molar-refractivity contribution in [1.82, 2.24) is 4.31 Å². The Bertz CT molecular complexity index is 548. The molecule has 0 radical (unpaired) electrons. The van der Waals surface area contributed by atoms with Crippen LogP contribution in [0.4, 0.5) is 0 Å². The van der Waals surface area contributed by atoms with Crippen LogP contribution >= 0.6 is 0 Å². The standard InChI is InChI=1S/C15H23NO2S/c1-12(2)15(4)10-5-11-16(15)19(17,18)14-8-6-13(3)7-9-14/h6-9,12H,5,10-11H2,1-4H3. The van der Waals surface area contributed by atoms with Crippen molar-refractivity contribution < 1.29 is 8.42 Å². The summed E-state index contributed by atoms with van der Waals surface area (Å²) >= 11 is 0. The Morgan fingerprint density at radius 3 is 2.32 bits per heavy atom. The molecule has 4 heteroatoms. The molecule has 1 saturated heterocycles. The first-order valence-electron chi connectivity index (χ1n) is 6.88. The lowest BCUT2D eigenvalue weighted by Gasteiger charge is -2.37. The van der Waals surface area contributed by atoms with Gasteiger partial charge in [-0.15, -0.1) is 0 Å². The predicted molar refractivity (Wildman–Crippen MR) is 77.5 cm³/mol. The molecule has 1 aliphatic heterocycles. The summed E-state index contributed by atoms with van der Waals surface area (Å²) < 4.78 is 27.3. The maximum Gasteiger partial charge on any atom is 0.243 e. The average molecular weight is 281 g/mol. The molecular formula is C15H23NO2S. The van der Waals surface area contributed by atoms with Gasteiger partial charge in [0.2, 0.25) is 10.0 Å². The molecule has 1 fully saturated rings. The van der Waals surface area contributed by atoms with Gasteiger partial charge in [-0.1, -0.05) is 31.5 Å². The molecule has 1 aromatic carbocycles. The minimum atomic E-state index is -3.37. The average Bonchev–Trinajstić information content (AvgIpc) is 2.74. The van der Waals surface area contributed by atoms with Crippen LogP contribution in [-0.4, -0.2) is 24.8 Å². The molecule has 1 aliphatic rings. The molecule has 19 heavy (non-hydrogen) atoms. The van der Waals surface area contributed by atoms with Crippen LogP contribution in [0.3, 0.4) is 0 Å². The Hall–Kier alpha value is -0.870. The first-order chi connectivity index (χ1) is 8.78. The lowest BCUT2D eigenvalue weighted by molar-refractivity contribution is 0.192. The monoisotopic (exact) mass is 281 g/mol. The van der Waals surface area contributed by atoms with Crippen molar-refractivity contribution in [2.45, 2.75) is 51.0 Å². The van der Waals surface area contributed by atoms with Crippen LogP contribution in [0.25, 0.3) is 0 Å². The Morgan fingerprint density at radius 1 is 1.21 bits per heavy atom. The molecule has 0 bridgehead atoms. The molecule has 0 amide bonds. The van der Waals surface area contributed by atoms with Gasteiger partial charge in [0.1, 0.15) is 0 Å². The molecule has 2 rings (SSSR count). The number of hydrogen-bond donors (Lipinski definition) is 0. The van der Waals surface area contributed by atoms with Crippen LogP contribution in [0.15, 0.2) is 29.2 Å². The van der Waals surface area contributed by atoms with E-state index in [-0.39, 0.29) is 5.54 Å². The van der Waals surface area contributed by atoms with Gasteiger partial charge in [0, 0.05) is 12.1 Å². The highest BCUT2D eigenvalue weighted by Crippen LogP contribution is 2.39. The fourth-order valence-electron chi connectivity index (χ4n) is 2.77. The maximum atomic E-state index is 12.8. The largest absolute Gasteiger partial charge is 0.243 e. The van der Waals surface area contributed by atoms with Crippen LogP contribution in [0.2, 0.25) is 0 Å². The molecular weight excluding hydrogens is 258 g/mol. The van der Waals surface area contributed by atoms with Crippen LogP contribution in [-0.2, 0) is 10.0 Å². The van der Waals surface area contributed by atoms with Crippen LogP contribution in [0, 0.1) is 12.8 Å². The third-order valence-electron chi connectivity index (χ3n) is 4.47. The molecule has 106 valence electrons. The van der Waals surface area contributed by atoms with E-state index in [1.165, 1.54) is 0 Å². The van der Waals surface area contributed by atoms with E-state index < -0.39 is 10.0 Å². The van der Waals surface area contributed by atoms with Crippen LogP contribution < -0.4 is 0 Å². The zero-order valence-corrected chi connectivity index (χ0v) is 13.0. The number of hydrogen-bond acceptors (Lipinski definition) is 2. The molecule has 1 atom stereocenters. The summed E-state index contributed by atoms with van der Waals surface area (Å²) in [7, 11) is -3.37. The molecule has 1 heterocycles. The summed E-state index contributed by atoms with van der Waals surface area (Å²) in [5.74, 6) is 0.315. The number of benzene rings is 1. The summed E-state index contributed by atoms with van der Waals surface area (Å²) in [6.07, 6.45) is 1.88. The van der Waals surface area contributed by atoms with Gasteiger partial charge in [0.05, 0.1) is 4.90 Å². The Balaban J connectivity index is 2.42. The molecule has 1 aromatic rings. The fraction of sp³-hybridized carbons (Fsp3) is 0.600. The van der Waals surface area contributed by atoms with Gasteiger partial charge in [-0.05, 0) is 44.7 Å². The lowest BCUT2D eigenvalue weighted by atomic mass is 9.87. The summed E-state index contributed by atoms with van der Waals surface area (Å²) in [6.45, 7) is 8.86. The van der Waals surface area contributed by atoms with E-state index in [2.05, 4.69) is 20.8 Å². The molecule has 0 aromatic heterocycles. The molecule has 0 saturated carbocycles. The second-order valence-electron chi connectivity index (χ2n) is 6.01. The van der Waals surface area contributed by atoms with Gasteiger partial charge in [-0.3, -0.25) is 0 Å². The third-order valence-corrected chi connectivity index (χ3v) is 6.51. The zero-order chi connectivity index (χ0) is 14.3. The van der Waals surface area contributed by atoms with Gasteiger partial charge in [0.25, 0.3) is 0 Å². The second-order valence-corrected chi connectivity index (χ2v) is 7.87. The Kier molecular flexibility index (Phi) is 3.76. The van der Waals surface area contributed by atoms with Gasteiger partial charge < -0.3 is 0 Å². The fourth-order valence-corrected chi connectivity index (χ4v) is 4.72. The predicted octanol–water partition coefficient (Wildman–Crippen LogP) is 3.19. The molecule has 1 unspecified atom stereocenters. The van der Waals surface area contributed by atoms with E-state index in [0.29, 0.717) is 17.4 Å². The topological polar surface area (TPSA) is 37.4 Å². The van der Waals surface area contributed by atoms with E-state index >= 15 is 0 Å². The van der Waals surface area contributed by atoms with E-state index in [0.717, 1.165) is 18.4 Å². The number of rotatable bonds is 3. The van der Waals surface area contributed by atoms with Gasteiger partial charge in [-0.25, -0.2) is 8.42 Å². The van der Waals surface area contributed by atoms with Gasteiger partial charge >= 0.3 is 0 Å². The quantitative estimate of drug-likeness (QED) is 0.853. The van der Waals surface area contributed by atoms with Gasteiger partial charge in [0.15, 0.2) is 0 Å². The van der Waals surface area contributed by atoms with Crippen LogP contribution in [0.1, 0.15) is 39.2 Å². The lowest BCUT2D eigenvalue weighted by Crippen LogP contribution is -2.48. The van der Waals surface area contributed by atoms with Crippen molar-refractivity contribution in [3.63, 3.8) is 0 Å². The van der Waals surface area contributed by atoms with Crippen molar-refractivity contribution >= 4 is 10.0 Å². The van der Waals surface area contributed by atoms with Crippen molar-refractivity contribution in [2.75, 3.05) is 6.54 Å². The highest BCUT2D eigenvalue weighted by molar-refractivity contribution is 7.89. The summed E-state index contributed by atoms with van der Waals surface area (Å²) in [5.41, 5.74) is 0.816. The first kappa shape index (κ1) is 14.5. The number of nitrogens with zero attached hydrogens (tertiary/aromatic N) is 1. The summed E-state index contributed by atoms with van der Waals surface area (Å²) in [5, 5.41) is 0. The normalized spacial score (nSPS) is 25.1. The summed E-state index contributed by atoms with van der Waals surface area (Å²) in [6, 6.07) is 7.14. The SMILES string of the molecule is Cc1ccc(S(=O)(=O)N2CCCC2(C)C(C)C)cc1. The second kappa shape index (κ2) is 4.91. The Morgan fingerprint density at radius 2 is 1.79 bits per heavy atom. The maximum absolute atomic E-state index is 12.8. The number of sulfonamides is 1. The van der Waals surface area contributed by atoms with E-state index in [9.17, 15) is 8.42 Å². The molecule has 0 spiro atoms. The number of aryl methyl sites for hydroxylation is 1. The smallest absolute Gasteiger partial charge is 0.207 e. The third kappa shape index (κ3) is 2.43. The van der Waals surface area contributed by atoms with Gasteiger partial charge in [-0.2, -0.15) is 4.31 Å². The first-order valence-corrected chi connectivity index (χ1v) is 8.32. The summed E-state index contributed by atoms with van der Waals surface area (Å²) in [4.78, 5) is 0.409. The van der Waals surface area contributed by atoms with Crippen molar-refractivity contribution in [2.24, 2.45) is 5.92 Å². The molecule has 3 nitrogen and oxygen atoms in total. The van der Waals surface area contributed by atoms with Crippen molar-refractivity contribution in [1.29, 1.82) is 0 Å². The highest BCUT2D eigenvalue weighted by Gasteiger charge is 2.45. The molecule has 0 N–H and O–H groups in total. The van der Waals surface area contributed by atoms with Crippen LogP contribution in [0.5, 0.6) is 0 Å². The highest BCUT2D eigenvalue weighted by atomic mass is 32.2. The zero-order valence-electron chi connectivity index (χ0n) is 12.2. The van der Waals surface area contributed by atoms with E-state index in [4.69, 9.17) is 0 Å². The van der Waals surface area contributed by atoms with Crippen molar-refractivity contribution in [3.8, 4) is 0 Å². The minimum Gasteiger partial charge on any atom is -0.207 e. The minimum absolute atomic E-state index is 0.260.